The Morgan fingerprint density at radius 3 is 2.26 bits per heavy atom. The summed E-state index contributed by atoms with van der Waals surface area (Å²) in [7, 11) is -6.87. The minimum absolute atomic E-state index is 0.113. The Morgan fingerprint density at radius 1 is 0.941 bits per heavy atom. The molecule has 5 rings (SSSR count). The first-order chi connectivity index (χ1) is 16.3. The fourth-order valence-electron chi connectivity index (χ4n) is 5.65. The van der Waals surface area contributed by atoms with Crippen LogP contribution in [0.2, 0.25) is 0 Å². The number of hydrogen-bond donors (Lipinski definition) is 1. The van der Waals surface area contributed by atoms with Crippen LogP contribution in [0.3, 0.4) is 0 Å². The van der Waals surface area contributed by atoms with Crippen molar-refractivity contribution in [3.05, 3.63) is 29.8 Å². The molecule has 0 radical (unpaired) electrons. The van der Waals surface area contributed by atoms with Crippen LogP contribution in [0.4, 0.5) is 0 Å². The predicted octanol–water partition coefficient (Wildman–Crippen LogP) is 0.283. The average Bonchev–Trinajstić information content (AvgIpc) is 3.15. The molecule has 4 fully saturated rings. The van der Waals surface area contributed by atoms with Crippen LogP contribution in [0.1, 0.15) is 36.0 Å². The van der Waals surface area contributed by atoms with E-state index in [0.29, 0.717) is 58.0 Å². The zero-order valence-electron chi connectivity index (χ0n) is 19.1. The SMILES string of the molecule is O=C(c1ccc(S(=O)(=O)N2CCOCC2)cc1)N1CCN(C2NS(=O)(=O)C3CCCCC23)CC1. The molecule has 3 heterocycles. The van der Waals surface area contributed by atoms with E-state index < -0.39 is 20.0 Å². The predicted molar refractivity (Wildman–Crippen MR) is 125 cm³/mol. The fourth-order valence-corrected chi connectivity index (χ4v) is 9.12. The van der Waals surface area contributed by atoms with Gasteiger partial charge in [0.05, 0.1) is 29.5 Å². The molecule has 10 nitrogen and oxygen atoms in total. The molecule has 1 aromatic rings. The second-order valence-electron chi connectivity index (χ2n) is 9.46. The number of fused-ring (bicyclic) bond motifs is 1. The zero-order valence-corrected chi connectivity index (χ0v) is 20.8. The molecule has 3 aliphatic heterocycles. The van der Waals surface area contributed by atoms with E-state index in [-0.39, 0.29) is 28.1 Å². The molecule has 1 aliphatic carbocycles. The summed E-state index contributed by atoms with van der Waals surface area (Å²) in [4.78, 5) is 17.1. The molecule has 0 aromatic heterocycles. The lowest BCUT2D eigenvalue weighted by Crippen LogP contribution is -2.56. The van der Waals surface area contributed by atoms with Crippen molar-refractivity contribution in [2.75, 3.05) is 52.5 Å². The number of sulfonamides is 2. The van der Waals surface area contributed by atoms with Crippen molar-refractivity contribution in [3.63, 3.8) is 0 Å². The van der Waals surface area contributed by atoms with Gasteiger partial charge in [0, 0.05) is 50.7 Å². The molecule has 4 aliphatic rings. The van der Waals surface area contributed by atoms with Crippen LogP contribution in [0.15, 0.2) is 29.2 Å². The van der Waals surface area contributed by atoms with Crippen LogP contribution in [0.5, 0.6) is 0 Å². The molecule has 188 valence electrons. The van der Waals surface area contributed by atoms with Gasteiger partial charge in [-0.05, 0) is 37.1 Å². The van der Waals surface area contributed by atoms with Crippen LogP contribution in [-0.2, 0) is 24.8 Å². The van der Waals surface area contributed by atoms with E-state index in [1.54, 1.807) is 17.0 Å². The first-order valence-electron chi connectivity index (χ1n) is 12.0. The zero-order chi connectivity index (χ0) is 23.9. The van der Waals surface area contributed by atoms with Crippen LogP contribution in [0, 0.1) is 5.92 Å². The Balaban J connectivity index is 1.21. The number of benzene rings is 1. The molecule has 3 atom stereocenters. The topological polar surface area (TPSA) is 116 Å². The number of carbonyl (C=O) groups is 1. The smallest absolute Gasteiger partial charge is 0.253 e. The van der Waals surface area contributed by atoms with E-state index in [4.69, 9.17) is 4.74 Å². The molecule has 12 heteroatoms. The number of nitrogens with one attached hydrogen (secondary N) is 1. The van der Waals surface area contributed by atoms with E-state index in [0.717, 1.165) is 25.7 Å². The Bertz CT molecular complexity index is 1110. The molecule has 1 aromatic carbocycles. The van der Waals surface area contributed by atoms with Crippen molar-refractivity contribution in [2.24, 2.45) is 5.92 Å². The minimum atomic E-state index is -3.60. The molecule has 3 saturated heterocycles. The summed E-state index contributed by atoms with van der Waals surface area (Å²) in [5.74, 6) is -0.0283. The highest BCUT2D eigenvalue weighted by Crippen LogP contribution is 2.38. The Kier molecular flexibility index (Phi) is 6.73. The average molecular weight is 513 g/mol. The first kappa shape index (κ1) is 24.1. The molecule has 0 bridgehead atoms. The highest BCUT2D eigenvalue weighted by atomic mass is 32.2. The summed E-state index contributed by atoms with van der Waals surface area (Å²) in [6.07, 6.45) is 3.48. The number of nitrogens with zero attached hydrogens (tertiary/aromatic N) is 3. The molecule has 3 unspecified atom stereocenters. The lowest BCUT2D eigenvalue weighted by molar-refractivity contribution is 0.0462. The third kappa shape index (κ3) is 4.51. The monoisotopic (exact) mass is 512 g/mol. The van der Waals surface area contributed by atoms with Gasteiger partial charge in [-0.25, -0.2) is 16.8 Å². The molecule has 34 heavy (non-hydrogen) atoms. The molecule has 1 amide bonds. The van der Waals surface area contributed by atoms with Gasteiger partial charge in [0.25, 0.3) is 5.91 Å². The molecule has 1 N–H and O–H groups in total. The number of morpholine rings is 1. The van der Waals surface area contributed by atoms with E-state index >= 15 is 0 Å². The van der Waals surface area contributed by atoms with Gasteiger partial charge in [-0.1, -0.05) is 12.8 Å². The quantitative estimate of drug-likeness (QED) is 0.616. The Morgan fingerprint density at radius 2 is 1.59 bits per heavy atom. The van der Waals surface area contributed by atoms with Crippen molar-refractivity contribution in [2.45, 2.75) is 42.0 Å². The normalized spacial score (nSPS) is 30.7. The van der Waals surface area contributed by atoms with E-state index in [1.807, 2.05) is 0 Å². The largest absolute Gasteiger partial charge is 0.379 e. The Labute approximate surface area is 201 Å². The number of carbonyl (C=O) groups excluding carboxylic acids is 1. The number of rotatable bonds is 4. The van der Waals surface area contributed by atoms with Crippen molar-refractivity contribution < 1.29 is 26.4 Å². The number of amides is 1. The highest BCUT2D eigenvalue weighted by Gasteiger charge is 2.50. The van der Waals surface area contributed by atoms with Gasteiger partial charge in [0.2, 0.25) is 20.0 Å². The molecule has 0 spiro atoms. The van der Waals surface area contributed by atoms with E-state index in [1.165, 1.54) is 16.4 Å². The Hall–Kier alpha value is -1.57. The fraction of sp³-hybridized carbons (Fsp3) is 0.682. The van der Waals surface area contributed by atoms with Crippen molar-refractivity contribution in [3.8, 4) is 0 Å². The lowest BCUT2D eigenvalue weighted by Gasteiger charge is -2.40. The first-order valence-corrected chi connectivity index (χ1v) is 15.0. The lowest BCUT2D eigenvalue weighted by atomic mass is 9.86. The van der Waals surface area contributed by atoms with Crippen LogP contribution >= 0.6 is 0 Å². The third-order valence-electron chi connectivity index (χ3n) is 7.55. The van der Waals surface area contributed by atoms with Gasteiger partial charge in [0.15, 0.2) is 0 Å². The summed E-state index contributed by atoms with van der Waals surface area (Å²) >= 11 is 0. The van der Waals surface area contributed by atoms with Crippen LogP contribution in [0.25, 0.3) is 0 Å². The third-order valence-corrected chi connectivity index (χ3v) is 11.4. The van der Waals surface area contributed by atoms with E-state index in [2.05, 4.69) is 9.62 Å². The summed E-state index contributed by atoms with van der Waals surface area (Å²) in [6, 6.07) is 6.12. The number of hydrogen-bond acceptors (Lipinski definition) is 7. The highest BCUT2D eigenvalue weighted by molar-refractivity contribution is 7.90. The standard InChI is InChI=1S/C22H32N4O6S2/c27-22(17-5-7-18(8-6-17)34(30,31)26-13-15-32-16-14-26)25-11-9-24(10-12-25)21-19-3-1-2-4-20(19)33(28,29)23-21/h5-8,19-21,23H,1-4,9-16H2. The van der Waals surface area contributed by atoms with Gasteiger partial charge in [0.1, 0.15) is 0 Å². The van der Waals surface area contributed by atoms with Gasteiger partial charge >= 0.3 is 0 Å². The van der Waals surface area contributed by atoms with Crippen molar-refractivity contribution in [1.29, 1.82) is 0 Å². The van der Waals surface area contributed by atoms with Gasteiger partial charge in [-0.3, -0.25) is 9.69 Å². The maximum absolute atomic E-state index is 13.0. The summed E-state index contributed by atoms with van der Waals surface area (Å²) in [5, 5.41) is -0.293. The van der Waals surface area contributed by atoms with Crippen LogP contribution in [-0.4, -0.2) is 101 Å². The second kappa shape index (κ2) is 9.47. The van der Waals surface area contributed by atoms with Gasteiger partial charge in [-0.2, -0.15) is 9.03 Å². The molecular formula is C22H32N4O6S2. The summed E-state index contributed by atoms with van der Waals surface area (Å²) in [6.45, 7) is 3.62. The van der Waals surface area contributed by atoms with E-state index in [9.17, 15) is 21.6 Å². The minimum Gasteiger partial charge on any atom is -0.379 e. The van der Waals surface area contributed by atoms with Crippen LogP contribution < -0.4 is 4.72 Å². The number of piperazine rings is 1. The molecular weight excluding hydrogens is 480 g/mol. The van der Waals surface area contributed by atoms with Crippen molar-refractivity contribution in [1.82, 2.24) is 18.8 Å². The number of ether oxygens (including phenoxy) is 1. The second-order valence-corrected chi connectivity index (χ2v) is 13.3. The summed E-state index contributed by atoms with van der Waals surface area (Å²) < 4.78 is 60.2. The van der Waals surface area contributed by atoms with Gasteiger partial charge in [-0.15, -0.1) is 0 Å². The van der Waals surface area contributed by atoms with Gasteiger partial charge < -0.3 is 9.64 Å². The van der Waals surface area contributed by atoms with Crippen molar-refractivity contribution >= 4 is 26.0 Å². The maximum Gasteiger partial charge on any atom is 0.253 e. The molecule has 1 saturated carbocycles. The summed E-state index contributed by atoms with van der Waals surface area (Å²) in [5.41, 5.74) is 0.447. The maximum atomic E-state index is 13.0.